The van der Waals surface area contributed by atoms with Gasteiger partial charge in [0.15, 0.2) is 0 Å². The van der Waals surface area contributed by atoms with E-state index in [0.29, 0.717) is 11.1 Å². The molecule has 0 bridgehead atoms. The van der Waals surface area contributed by atoms with Crippen molar-refractivity contribution in [3.8, 4) is 0 Å². The molecule has 2 N–H and O–H groups in total. The van der Waals surface area contributed by atoms with Crippen LogP contribution in [0.2, 0.25) is 0 Å². The van der Waals surface area contributed by atoms with E-state index in [-0.39, 0.29) is 5.69 Å². The minimum Gasteiger partial charge on any atom is -0.404 e. The van der Waals surface area contributed by atoms with Crippen LogP contribution in [0.15, 0.2) is 49.3 Å². The van der Waals surface area contributed by atoms with Crippen LogP contribution in [0.4, 0.5) is 0 Å². The van der Waals surface area contributed by atoms with Gasteiger partial charge in [-0.1, -0.05) is 12.1 Å². The fraction of sp³-hybridized carbons (Fsp3) is 0.125. The highest BCUT2D eigenvalue weighted by Crippen LogP contribution is 2.24. The van der Waals surface area contributed by atoms with Crippen LogP contribution in [0.5, 0.6) is 0 Å². The number of carbonyl (C=O) groups excluding carboxylic acids is 2. The van der Waals surface area contributed by atoms with E-state index in [1.54, 1.807) is 35.7 Å². The van der Waals surface area contributed by atoms with Crippen LogP contribution in [-0.2, 0) is 4.79 Å². The van der Waals surface area contributed by atoms with Crippen molar-refractivity contribution < 1.29 is 9.59 Å². The summed E-state index contributed by atoms with van der Waals surface area (Å²) in [7, 11) is 0. The second-order valence-electron chi connectivity index (χ2n) is 4.26. The lowest BCUT2D eigenvalue weighted by atomic mass is 10.1. The first kappa shape index (κ1) is 16.7. The topological polar surface area (TPSA) is 64.6 Å². The highest BCUT2D eigenvalue weighted by molar-refractivity contribution is 6.83. The van der Waals surface area contributed by atoms with Crippen LogP contribution in [0.25, 0.3) is 11.1 Å². The first-order valence-electron chi connectivity index (χ1n) is 6.28. The van der Waals surface area contributed by atoms with Crippen LogP contribution < -0.4 is 5.73 Å². The molecule has 0 aromatic carbocycles. The molecule has 0 aliphatic heterocycles. The number of carbonyl (C=O) groups is 2. The number of ketones is 1. The molecule has 0 atom stereocenters. The van der Waals surface area contributed by atoms with Crippen molar-refractivity contribution in [1.82, 2.24) is 4.40 Å². The smallest absolute Gasteiger partial charge is 0.294 e. The molecule has 2 heterocycles. The monoisotopic (exact) mass is 304 g/mol. The molecular formula is C16H17ClN2O2. The first-order chi connectivity index (χ1) is 9.97. The van der Waals surface area contributed by atoms with Gasteiger partial charge in [-0.15, -0.1) is 6.58 Å². The molecule has 0 saturated carbocycles. The molecule has 5 heteroatoms. The lowest BCUT2D eigenvalue weighted by molar-refractivity contribution is -0.108. The third-order valence-corrected chi connectivity index (χ3v) is 2.92. The summed E-state index contributed by atoms with van der Waals surface area (Å²) in [5, 5.41) is -1.01. The minimum atomic E-state index is -1.01. The quantitative estimate of drug-likeness (QED) is 0.409. The molecule has 0 fully saturated rings. The molecule has 0 amide bonds. The van der Waals surface area contributed by atoms with Crippen LogP contribution in [0, 0.1) is 0 Å². The fourth-order valence-electron chi connectivity index (χ4n) is 1.84. The third kappa shape index (κ3) is 3.61. The van der Waals surface area contributed by atoms with Crippen molar-refractivity contribution >= 4 is 33.7 Å². The zero-order chi connectivity index (χ0) is 16.0. The summed E-state index contributed by atoms with van der Waals surface area (Å²) in [5.41, 5.74) is 7.83. The Morgan fingerprint density at radius 1 is 1.38 bits per heavy atom. The molecule has 21 heavy (non-hydrogen) atoms. The van der Waals surface area contributed by atoms with Crippen molar-refractivity contribution in [2.45, 2.75) is 13.8 Å². The lowest BCUT2D eigenvalue weighted by Gasteiger charge is -2.03. The Balaban J connectivity index is 0.000000677. The van der Waals surface area contributed by atoms with E-state index in [1.807, 2.05) is 19.1 Å². The van der Waals surface area contributed by atoms with E-state index in [9.17, 15) is 9.59 Å². The number of fused-ring (bicyclic) bond motifs is 1. The Kier molecular flexibility index (Phi) is 5.93. The SMILES string of the molecule is C/C(=C\N)c1cc2ccccn2c1C(=O)C(=O)Cl.C=CC. The number of allylic oxidation sites excluding steroid dienone is 2. The van der Waals surface area contributed by atoms with Gasteiger partial charge in [0.2, 0.25) is 0 Å². The lowest BCUT2D eigenvalue weighted by Crippen LogP contribution is -2.12. The van der Waals surface area contributed by atoms with Crippen molar-refractivity contribution in [2.75, 3.05) is 0 Å². The van der Waals surface area contributed by atoms with Gasteiger partial charge in [0.05, 0.1) is 0 Å². The van der Waals surface area contributed by atoms with Gasteiger partial charge < -0.3 is 10.1 Å². The molecular weight excluding hydrogens is 288 g/mol. The molecule has 2 aromatic rings. The molecule has 0 aliphatic carbocycles. The predicted octanol–water partition coefficient (Wildman–Crippen LogP) is 3.40. The molecule has 0 unspecified atom stereocenters. The van der Waals surface area contributed by atoms with Gasteiger partial charge >= 0.3 is 0 Å². The maximum absolute atomic E-state index is 11.9. The van der Waals surface area contributed by atoms with E-state index in [1.165, 1.54) is 6.20 Å². The van der Waals surface area contributed by atoms with E-state index in [0.717, 1.165) is 5.52 Å². The van der Waals surface area contributed by atoms with E-state index >= 15 is 0 Å². The number of nitrogens with two attached hydrogens (primary N) is 1. The Morgan fingerprint density at radius 2 is 2.00 bits per heavy atom. The number of pyridine rings is 1. The number of aromatic nitrogens is 1. The van der Waals surface area contributed by atoms with Crippen molar-refractivity contribution in [3.63, 3.8) is 0 Å². The molecule has 2 rings (SSSR count). The summed E-state index contributed by atoms with van der Waals surface area (Å²) >= 11 is 5.29. The Hall–Kier alpha value is -2.33. The molecule has 0 saturated heterocycles. The highest BCUT2D eigenvalue weighted by Gasteiger charge is 2.22. The summed E-state index contributed by atoms with van der Waals surface area (Å²) in [6, 6.07) is 7.25. The predicted molar refractivity (Wildman–Crippen MR) is 86.3 cm³/mol. The van der Waals surface area contributed by atoms with Gasteiger partial charge in [0, 0.05) is 17.3 Å². The van der Waals surface area contributed by atoms with Crippen LogP contribution in [0.1, 0.15) is 29.9 Å². The average molecular weight is 305 g/mol. The number of rotatable bonds is 3. The third-order valence-electron chi connectivity index (χ3n) is 2.75. The first-order valence-corrected chi connectivity index (χ1v) is 6.65. The molecule has 0 aliphatic rings. The summed E-state index contributed by atoms with van der Waals surface area (Å²) in [6.45, 7) is 7.02. The Bertz CT molecular complexity index is 714. The summed E-state index contributed by atoms with van der Waals surface area (Å²) in [4.78, 5) is 23.0. The van der Waals surface area contributed by atoms with Gasteiger partial charge in [-0.25, -0.2) is 0 Å². The second-order valence-corrected chi connectivity index (χ2v) is 4.61. The summed E-state index contributed by atoms with van der Waals surface area (Å²) < 4.78 is 1.63. The summed E-state index contributed by atoms with van der Waals surface area (Å²) in [5.74, 6) is -0.737. The molecule has 2 aromatic heterocycles. The number of hydrogen-bond acceptors (Lipinski definition) is 3. The average Bonchev–Trinajstić information content (AvgIpc) is 2.85. The maximum atomic E-state index is 11.9. The standard InChI is InChI=1S/C13H11ClN2O2.C3H6/c1-8(7-15)10-6-9-4-2-3-5-16(9)11(10)12(17)13(14)18;1-3-2/h2-7H,15H2,1H3;3H,1H2,2H3/b8-7+;. The maximum Gasteiger partial charge on any atom is 0.294 e. The van der Waals surface area contributed by atoms with Crippen LogP contribution in [-0.4, -0.2) is 15.4 Å². The van der Waals surface area contributed by atoms with E-state index < -0.39 is 11.0 Å². The Morgan fingerprint density at radius 3 is 2.52 bits per heavy atom. The largest absolute Gasteiger partial charge is 0.404 e. The van der Waals surface area contributed by atoms with Gasteiger partial charge in [-0.2, -0.15) is 0 Å². The van der Waals surface area contributed by atoms with E-state index in [4.69, 9.17) is 17.3 Å². The van der Waals surface area contributed by atoms with Crippen LogP contribution in [0.3, 0.4) is 0 Å². The van der Waals surface area contributed by atoms with Crippen LogP contribution >= 0.6 is 11.6 Å². The number of Topliss-reactive ketones (excluding diaryl/α,β-unsaturated/α-hetero) is 1. The fourth-order valence-corrected chi connectivity index (χ4v) is 1.93. The normalized spacial score (nSPS) is 10.7. The summed E-state index contributed by atoms with van der Waals surface area (Å²) in [6.07, 6.45) is 4.85. The zero-order valence-electron chi connectivity index (χ0n) is 12.0. The number of nitrogens with zero attached hydrogens (tertiary/aromatic N) is 1. The van der Waals surface area contributed by atoms with E-state index in [2.05, 4.69) is 6.58 Å². The minimum absolute atomic E-state index is 0.241. The zero-order valence-corrected chi connectivity index (χ0v) is 12.7. The molecule has 0 spiro atoms. The van der Waals surface area contributed by atoms with Gasteiger partial charge in [0.1, 0.15) is 5.69 Å². The second kappa shape index (κ2) is 7.45. The van der Waals surface area contributed by atoms with Gasteiger partial charge in [-0.05, 0) is 55.4 Å². The molecule has 110 valence electrons. The molecule has 4 nitrogen and oxygen atoms in total. The number of halogens is 1. The Labute approximate surface area is 128 Å². The van der Waals surface area contributed by atoms with Crippen molar-refractivity contribution in [2.24, 2.45) is 5.73 Å². The molecule has 0 radical (unpaired) electrons. The van der Waals surface area contributed by atoms with Gasteiger partial charge in [-0.3, -0.25) is 9.59 Å². The highest BCUT2D eigenvalue weighted by atomic mass is 35.5. The van der Waals surface area contributed by atoms with Crippen molar-refractivity contribution in [3.05, 3.63) is 60.6 Å². The van der Waals surface area contributed by atoms with Gasteiger partial charge in [0.25, 0.3) is 11.0 Å². The number of hydrogen-bond donors (Lipinski definition) is 1. The van der Waals surface area contributed by atoms with Crippen molar-refractivity contribution in [1.29, 1.82) is 0 Å².